The molecule has 1 aromatic carbocycles. The van der Waals surface area contributed by atoms with E-state index in [-0.39, 0.29) is 5.91 Å². The maximum atomic E-state index is 11.7. The first-order valence-electron chi connectivity index (χ1n) is 4.68. The Morgan fingerprint density at radius 1 is 1.53 bits per heavy atom. The van der Waals surface area contributed by atoms with Crippen molar-refractivity contribution in [1.29, 1.82) is 0 Å². The number of nitrogens with zero attached hydrogens (tertiary/aromatic N) is 1. The van der Waals surface area contributed by atoms with Crippen LogP contribution in [0.4, 0.5) is 0 Å². The average molecular weight is 291 g/mol. The Kier molecular flexibility index (Phi) is 5.12. The molecule has 0 radical (unpaired) electrons. The van der Waals surface area contributed by atoms with Gasteiger partial charge >= 0.3 is 0 Å². The molecule has 1 rings (SSSR count). The molecule has 1 aromatic rings. The minimum Gasteiger partial charge on any atom is -0.344 e. The van der Waals surface area contributed by atoms with Gasteiger partial charge in [0.2, 0.25) is 5.91 Å². The minimum absolute atomic E-state index is 0.0914. The molecule has 2 nitrogen and oxygen atoms in total. The first kappa shape index (κ1) is 12.5. The minimum atomic E-state index is 0.0914. The summed E-state index contributed by atoms with van der Waals surface area (Å²) in [4.78, 5) is 13.3. The van der Waals surface area contributed by atoms with E-state index < -0.39 is 0 Å². The summed E-state index contributed by atoms with van der Waals surface area (Å²) in [6.07, 6.45) is 0.423. The summed E-state index contributed by atoms with van der Waals surface area (Å²) in [6, 6.07) is 7.76. The molecule has 0 aliphatic heterocycles. The van der Waals surface area contributed by atoms with Crippen LogP contribution in [0.5, 0.6) is 0 Å². The molecule has 4 heteroatoms. The molecule has 0 bridgehead atoms. The van der Waals surface area contributed by atoms with E-state index in [4.69, 9.17) is 11.6 Å². The summed E-state index contributed by atoms with van der Waals surface area (Å²) in [5.74, 6) is 0.564. The van der Waals surface area contributed by atoms with Crippen LogP contribution in [-0.2, 0) is 11.2 Å². The van der Waals surface area contributed by atoms with Gasteiger partial charge in [-0.2, -0.15) is 0 Å². The predicted molar refractivity (Wildman–Crippen MR) is 66.2 cm³/mol. The number of carbonyl (C=O) groups is 1. The van der Waals surface area contributed by atoms with Gasteiger partial charge in [0.05, 0.1) is 6.42 Å². The molecule has 15 heavy (non-hydrogen) atoms. The average Bonchev–Trinajstić information content (AvgIpc) is 2.18. The summed E-state index contributed by atoms with van der Waals surface area (Å²) in [5, 5.41) is 0. The highest BCUT2D eigenvalue weighted by Gasteiger charge is 2.08. The highest BCUT2D eigenvalue weighted by Crippen LogP contribution is 2.12. The SMILES string of the molecule is CN(CCCl)C(=O)Cc1cccc(Br)c1. The number of benzene rings is 1. The maximum absolute atomic E-state index is 11.7. The zero-order valence-electron chi connectivity index (χ0n) is 8.54. The Morgan fingerprint density at radius 2 is 2.27 bits per heavy atom. The number of likely N-dealkylation sites (N-methyl/N-ethyl adjacent to an activating group) is 1. The largest absolute Gasteiger partial charge is 0.344 e. The van der Waals surface area contributed by atoms with Gasteiger partial charge in [-0.15, -0.1) is 11.6 Å². The Morgan fingerprint density at radius 3 is 2.87 bits per heavy atom. The van der Waals surface area contributed by atoms with Crippen molar-refractivity contribution in [3.8, 4) is 0 Å². The fourth-order valence-electron chi connectivity index (χ4n) is 1.21. The Bertz CT molecular complexity index is 343. The second-order valence-electron chi connectivity index (χ2n) is 3.31. The van der Waals surface area contributed by atoms with E-state index in [2.05, 4.69) is 15.9 Å². The second kappa shape index (κ2) is 6.13. The summed E-state index contributed by atoms with van der Waals surface area (Å²) in [5.41, 5.74) is 1.01. The van der Waals surface area contributed by atoms with E-state index in [0.29, 0.717) is 18.8 Å². The van der Waals surface area contributed by atoms with Gasteiger partial charge in [-0.25, -0.2) is 0 Å². The van der Waals surface area contributed by atoms with E-state index in [1.807, 2.05) is 24.3 Å². The molecule has 0 spiro atoms. The maximum Gasteiger partial charge on any atom is 0.226 e. The molecule has 0 heterocycles. The van der Waals surface area contributed by atoms with E-state index in [0.717, 1.165) is 10.0 Å². The fourth-order valence-corrected chi connectivity index (χ4v) is 1.91. The zero-order valence-corrected chi connectivity index (χ0v) is 10.9. The van der Waals surface area contributed by atoms with Crippen LogP contribution in [0.25, 0.3) is 0 Å². The van der Waals surface area contributed by atoms with E-state index in [9.17, 15) is 4.79 Å². The van der Waals surface area contributed by atoms with Crippen LogP contribution >= 0.6 is 27.5 Å². The fraction of sp³-hybridized carbons (Fsp3) is 0.364. The lowest BCUT2D eigenvalue weighted by atomic mass is 10.1. The summed E-state index contributed by atoms with van der Waals surface area (Å²) >= 11 is 8.94. The zero-order chi connectivity index (χ0) is 11.3. The molecule has 0 saturated heterocycles. The number of hydrogen-bond acceptors (Lipinski definition) is 1. The topological polar surface area (TPSA) is 20.3 Å². The molecule has 1 amide bonds. The molecule has 0 aliphatic rings. The molecule has 0 aromatic heterocycles. The molecule has 0 atom stereocenters. The van der Waals surface area contributed by atoms with Crippen LogP contribution in [0.15, 0.2) is 28.7 Å². The van der Waals surface area contributed by atoms with Crippen LogP contribution in [0.2, 0.25) is 0 Å². The first-order valence-corrected chi connectivity index (χ1v) is 6.00. The number of halogens is 2. The van der Waals surface area contributed by atoms with E-state index in [1.165, 1.54) is 0 Å². The van der Waals surface area contributed by atoms with Crippen molar-refractivity contribution in [2.45, 2.75) is 6.42 Å². The predicted octanol–water partition coefficient (Wildman–Crippen LogP) is 2.69. The number of alkyl halides is 1. The van der Waals surface area contributed by atoms with Gasteiger partial charge in [0.15, 0.2) is 0 Å². The van der Waals surface area contributed by atoms with Gasteiger partial charge in [-0.3, -0.25) is 4.79 Å². The van der Waals surface area contributed by atoms with Gasteiger partial charge in [-0.1, -0.05) is 28.1 Å². The molecule has 0 N–H and O–H groups in total. The smallest absolute Gasteiger partial charge is 0.226 e. The van der Waals surface area contributed by atoms with Gasteiger partial charge in [0.1, 0.15) is 0 Å². The van der Waals surface area contributed by atoms with Crippen molar-refractivity contribution in [3.05, 3.63) is 34.3 Å². The Balaban J connectivity index is 2.58. The number of carbonyl (C=O) groups excluding carboxylic acids is 1. The molecule has 0 fully saturated rings. The van der Waals surface area contributed by atoms with Crippen molar-refractivity contribution >= 4 is 33.4 Å². The van der Waals surface area contributed by atoms with Gasteiger partial charge < -0.3 is 4.90 Å². The monoisotopic (exact) mass is 289 g/mol. The summed E-state index contributed by atoms with van der Waals surface area (Å²) in [6.45, 7) is 0.592. The van der Waals surface area contributed by atoms with Crippen LogP contribution in [-0.4, -0.2) is 30.3 Å². The molecular formula is C11H13BrClNO. The molecule has 0 saturated carbocycles. The third-order valence-corrected chi connectivity index (χ3v) is 2.75. The molecule has 82 valence electrons. The quantitative estimate of drug-likeness (QED) is 0.781. The van der Waals surface area contributed by atoms with E-state index in [1.54, 1.807) is 11.9 Å². The molecule has 0 aliphatic carbocycles. The lowest BCUT2D eigenvalue weighted by Crippen LogP contribution is -2.29. The van der Waals surface area contributed by atoms with E-state index >= 15 is 0 Å². The van der Waals surface area contributed by atoms with Gasteiger partial charge in [0.25, 0.3) is 0 Å². The third kappa shape index (κ3) is 4.22. The van der Waals surface area contributed by atoms with Crippen LogP contribution in [0, 0.1) is 0 Å². The Labute approximate surface area is 103 Å². The second-order valence-corrected chi connectivity index (χ2v) is 4.60. The Hall–Kier alpha value is -0.540. The van der Waals surface area contributed by atoms with Crippen LogP contribution in [0.3, 0.4) is 0 Å². The van der Waals surface area contributed by atoms with Crippen molar-refractivity contribution < 1.29 is 4.79 Å². The van der Waals surface area contributed by atoms with Crippen molar-refractivity contribution in [1.82, 2.24) is 4.90 Å². The highest BCUT2D eigenvalue weighted by molar-refractivity contribution is 9.10. The molecule has 0 unspecified atom stereocenters. The lowest BCUT2D eigenvalue weighted by molar-refractivity contribution is -0.128. The summed E-state index contributed by atoms with van der Waals surface area (Å²) < 4.78 is 0.993. The standard InChI is InChI=1S/C11H13BrClNO/c1-14(6-5-13)11(15)8-9-3-2-4-10(12)7-9/h2-4,7H,5-6,8H2,1H3. The van der Waals surface area contributed by atoms with Gasteiger partial charge in [0, 0.05) is 23.9 Å². The number of amides is 1. The van der Waals surface area contributed by atoms with Crippen molar-refractivity contribution in [2.24, 2.45) is 0 Å². The number of hydrogen-bond donors (Lipinski definition) is 0. The molecular weight excluding hydrogens is 277 g/mol. The third-order valence-electron chi connectivity index (χ3n) is 2.09. The highest BCUT2D eigenvalue weighted by atomic mass is 79.9. The lowest BCUT2D eigenvalue weighted by Gasteiger charge is -2.15. The number of rotatable bonds is 4. The van der Waals surface area contributed by atoms with Crippen molar-refractivity contribution in [2.75, 3.05) is 19.5 Å². The first-order chi connectivity index (χ1) is 7.13. The summed E-state index contributed by atoms with van der Waals surface area (Å²) in [7, 11) is 1.77. The normalized spacial score (nSPS) is 10.1. The van der Waals surface area contributed by atoms with Crippen molar-refractivity contribution in [3.63, 3.8) is 0 Å². The van der Waals surface area contributed by atoms with Crippen LogP contribution in [0.1, 0.15) is 5.56 Å². The van der Waals surface area contributed by atoms with Gasteiger partial charge in [-0.05, 0) is 17.7 Å². The van der Waals surface area contributed by atoms with Crippen LogP contribution < -0.4 is 0 Å².